The molecule has 4 N–H and O–H groups in total. The van der Waals surface area contributed by atoms with Crippen molar-refractivity contribution >= 4 is 5.91 Å². The van der Waals surface area contributed by atoms with Crippen molar-refractivity contribution in [3.8, 4) is 11.8 Å². The molecule has 1 saturated heterocycles. The first-order valence-corrected chi connectivity index (χ1v) is 16.1. The summed E-state index contributed by atoms with van der Waals surface area (Å²) < 4.78 is 0. The molecule has 0 aromatic heterocycles. The number of allylic oxidation sites excluding steroid dienone is 3. The van der Waals surface area contributed by atoms with Crippen LogP contribution in [0.1, 0.15) is 105 Å². The Hall–Kier alpha value is -1.69. The number of hydrogen-bond acceptors (Lipinski definition) is 6. The number of aliphatic hydroxyl groups is 3. The Morgan fingerprint density at radius 1 is 1.12 bits per heavy atom. The SMILES string of the molecule is CC(C)=CCC/C(C)=C/CNC(=O)[C@H]1[C@@H]([C@@H](C)O)[C@@H](CO)ON1CC1CCCC(C#CC(C)(O)C2CCCCC2)C1. The van der Waals surface area contributed by atoms with Gasteiger partial charge in [0.25, 0.3) is 0 Å². The number of hydroxylamine groups is 2. The van der Waals surface area contributed by atoms with Gasteiger partial charge in [0.15, 0.2) is 0 Å². The molecule has 0 bridgehead atoms. The van der Waals surface area contributed by atoms with Crippen LogP contribution in [0, 0.1) is 35.5 Å². The summed E-state index contributed by atoms with van der Waals surface area (Å²) in [7, 11) is 0. The van der Waals surface area contributed by atoms with Crippen LogP contribution in [0.15, 0.2) is 23.3 Å². The van der Waals surface area contributed by atoms with E-state index in [1.807, 2.05) is 13.0 Å². The number of rotatable bonds is 11. The van der Waals surface area contributed by atoms with Crippen molar-refractivity contribution in [1.29, 1.82) is 0 Å². The molecule has 3 unspecified atom stereocenters. The number of carbonyl (C=O) groups is 1. The lowest BCUT2D eigenvalue weighted by Gasteiger charge is -2.33. The standard InChI is InChI=1S/C34H56N2O5/c1-24(2)11-9-12-25(3)18-20-35-33(39)32-31(26(4)38)30(23-37)41-36(32)22-28-14-10-13-27(21-28)17-19-34(5,40)29-15-7-6-8-16-29/h11,18,26-32,37-38,40H,6-10,12-16,20-23H2,1-5H3,(H,35,39)/b25-18+/t26-,27?,28?,30-,31+,32-,34?/m1/s1. The van der Waals surface area contributed by atoms with Crippen LogP contribution in [0.4, 0.5) is 0 Å². The Bertz CT molecular complexity index is 952. The van der Waals surface area contributed by atoms with Gasteiger partial charge in [-0.15, -0.1) is 0 Å². The summed E-state index contributed by atoms with van der Waals surface area (Å²) in [6.07, 6.45) is 14.4. The maximum atomic E-state index is 13.5. The van der Waals surface area contributed by atoms with Crippen LogP contribution in [0.5, 0.6) is 0 Å². The summed E-state index contributed by atoms with van der Waals surface area (Å²) in [4.78, 5) is 19.6. The summed E-state index contributed by atoms with van der Waals surface area (Å²) in [5.74, 6) is 6.71. The molecule has 1 amide bonds. The monoisotopic (exact) mass is 572 g/mol. The van der Waals surface area contributed by atoms with Crippen LogP contribution < -0.4 is 5.32 Å². The molecular weight excluding hydrogens is 516 g/mol. The molecule has 3 fully saturated rings. The van der Waals surface area contributed by atoms with Gasteiger partial charge in [0.2, 0.25) is 5.91 Å². The normalized spacial score (nSPS) is 30.1. The highest BCUT2D eigenvalue weighted by Gasteiger charge is 2.49. The van der Waals surface area contributed by atoms with Crippen molar-refractivity contribution in [2.75, 3.05) is 19.7 Å². The minimum atomic E-state index is -0.939. The van der Waals surface area contributed by atoms with Gasteiger partial charge in [-0.05, 0) is 91.4 Å². The molecule has 232 valence electrons. The average Bonchev–Trinajstić information content (AvgIpc) is 3.31. The van der Waals surface area contributed by atoms with Gasteiger partial charge in [0.05, 0.1) is 12.7 Å². The highest BCUT2D eigenvalue weighted by molar-refractivity contribution is 5.82. The summed E-state index contributed by atoms with van der Waals surface area (Å²) in [5, 5.41) is 36.4. The van der Waals surface area contributed by atoms with E-state index >= 15 is 0 Å². The average molecular weight is 573 g/mol. The van der Waals surface area contributed by atoms with Gasteiger partial charge in [0, 0.05) is 24.9 Å². The summed E-state index contributed by atoms with van der Waals surface area (Å²) in [5.41, 5.74) is 1.59. The van der Waals surface area contributed by atoms with Gasteiger partial charge in [-0.25, -0.2) is 0 Å². The molecule has 0 spiro atoms. The molecular formula is C34H56N2O5. The van der Waals surface area contributed by atoms with E-state index in [0.717, 1.165) is 51.4 Å². The first-order chi connectivity index (χ1) is 19.5. The van der Waals surface area contributed by atoms with Gasteiger partial charge in [-0.2, -0.15) is 5.06 Å². The quantitative estimate of drug-likeness (QED) is 0.207. The summed E-state index contributed by atoms with van der Waals surface area (Å²) in [6, 6.07) is -0.676. The van der Waals surface area contributed by atoms with Crippen LogP contribution in [-0.4, -0.2) is 69.8 Å². The molecule has 7 heteroatoms. The summed E-state index contributed by atoms with van der Waals surface area (Å²) >= 11 is 0. The van der Waals surface area contributed by atoms with Gasteiger partial charge in [0.1, 0.15) is 17.7 Å². The van der Waals surface area contributed by atoms with Gasteiger partial charge in [-0.3, -0.25) is 9.63 Å². The van der Waals surface area contributed by atoms with Crippen LogP contribution in [0.2, 0.25) is 0 Å². The van der Waals surface area contributed by atoms with E-state index in [0.29, 0.717) is 13.1 Å². The number of nitrogens with one attached hydrogen (secondary N) is 1. The van der Waals surface area contributed by atoms with Crippen LogP contribution >= 0.6 is 0 Å². The summed E-state index contributed by atoms with van der Waals surface area (Å²) in [6.45, 7) is 10.5. The van der Waals surface area contributed by atoms with E-state index in [9.17, 15) is 20.1 Å². The molecule has 3 aliphatic rings. The van der Waals surface area contributed by atoms with Crippen molar-refractivity contribution in [1.82, 2.24) is 10.4 Å². The fraction of sp³-hybridized carbons (Fsp3) is 0.794. The molecule has 7 atom stereocenters. The van der Waals surface area contributed by atoms with Crippen molar-refractivity contribution in [3.63, 3.8) is 0 Å². The molecule has 2 aliphatic carbocycles. The third kappa shape index (κ3) is 10.2. The lowest BCUT2D eigenvalue weighted by molar-refractivity contribution is -0.183. The largest absolute Gasteiger partial charge is 0.394 e. The maximum Gasteiger partial charge on any atom is 0.240 e. The van der Waals surface area contributed by atoms with Crippen LogP contribution in [0.25, 0.3) is 0 Å². The zero-order valence-corrected chi connectivity index (χ0v) is 26.2. The minimum absolute atomic E-state index is 0.184. The van der Waals surface area contributed by atoms with Crippen LogP contribution in [-0.2, 0) is 9.63 Å². The number of hydrogen-bond donors (Lipinski definition) is 4. The van der Waals surface area contributed by atoms with Gasteiger partial charge < -0.3 is 20.6 Å². The Balaban J connectivity index is 1.63. The van der Waals surface area contributed by atoms with E-state index in [-0.39, 0.29) is 30.3 Å². The first kappa shape index (κ1) is 33.8. The fourth-order valence-electron chi connectivity index (χ4n) is 6.88. The highest BCUT2D eigenvalue weighted by atomic mass is 16.7. The minimum Gasteiger partial charge on any atom is -0.394 e. The highest BCUT2D eigenvalue weighted by Crippen LogP contribution is 2.36. The van der Waals surface area contributed by atoms with Crippen LogP contribution in [0.3, 0.4) is 0 Å². The Kier molecular flexibility index (Phi) is 13.4. The number of aliphatic hydroxyl groups excluding tert-OH is 2. The number of carbonyl (C=O) groups excluding carboxylic acids is 1. The number of nitrogens with zero attached hydrogens (tertiary/aromatic N) is 1. The molecule has 2 saturated carbocycles. The molecule has 0 radical (unpaired) electrons. The molecule has 0 aromatic rings. The van der Waals surface area contributed by atoms with Crippen molar-refractivity contribution in [2.24, 2.45) is 23.7 Å². The van der Waals surface area contributed by atoms with Crippen molar-refractivity contribution in [3.05, 3.63) is 23.3 Å². The molecule has 1 heterocycles. The van der Waals surface area contributed by atoms with Gasteiger partial charge >= 0.3 is 0 Å². The lowest BCUT2D eigenvalue weighted by Crippen LogP contribution is -2.50. The van der Waals surface area contributed by atoms with E-state index < -0.39 is 29.8 Å². The molecule has 0 aromatic carbocycles. The molecule has 3 rings (SSSR count). The second-order valence-corrected chi connectivity index (χ2v) is 13.3. The second kappa shape index (κ2) is 16.2. The van der Waals surface area contributed by atoms with Gasteiger partial charge in [-0.1, -0.05) is 60.8 Å². The van der Waals surface area contributed by atoms with Crippen molar-refractivity contribution in [2.45, 2.75) is 129 Å². The topological polar surface area (TPSA) is 102 Å². The van der Waals surface area contributed by atoms with E-state index in [2.05, 4.69) is 44.0 Å². The fourth-order valence-corrected chi connectivity index (χ4v) is 6.88. The second-order valence-electron chi connectivity index (χ2n) is 13.3. The third-order valence-electron chi connectivity index (χ3n) is 9.35. The van der Waals surface area contributed by atoms with E-state index in [1.54, 1.807) is 12.0 Å². The Morgan fingerprint density at radius 3 is 2.51 bits per heavy atom. The lowest BCUT2D eigenvalue weighted by atomic mass is 9.77. The predicted octanol–water partition coefficient (Wildman–Crippen LogP) is 4.91. The Morgan fingerprint density at radius 2 is 1.85 bits per heavy atom. The van der Waals surface area contributed by atoms with E-state index in [4.69, 9.17) is 4.84 Å². The molecule has 41 heavy (non-hydrogen) atoms. The number of amides is 1. The zero-order valence-electron chi connectivity index (χ0n) is 26.2. The molecule has 1 aliphatic heterocycles. The van der Waals surface area contributed by atoms with E-state index in [1.165, 1.54) is 30.4 Å². The third-order valence-corrected chi connectivity index (χ3v) is 9.35. The maximum absolute atomic E-state index is 13.5. The smallest absolute Gasteiger partial charge is 0.240 e. The van der Waals surface area contributed by atoms with Crippen molar-refractivity contribution < 1.29 is 25.0 Å². The Labute approximate surface area is 248 Å². The molecule has 7 nitrogen and oxygen atoms in total. The first-order valence-electron chi connectivity index (χ1n) is 16.1. The zero-order chi connectivity index (χ0) is 30.0. The predicted molar refractivity (Wildman–Crippen MR) is 163 cm³/mol.